The maximum atomic E-state index is 3.45. The van der Waals surface area contributed by atoms with Gasteiger partial charge in [-0.05, 0) is 6.92 Å². The van der Waals surface area contributed by atoms with Gasteiger partial charge in [-0.2, -0.15) is 17.2 Å². The predicted molar refractivity (Wildman–Crippen MR) is 110 cm³/mol. The monoisotopic (exact) mass is 495 g/mol. The third-order valence-corrected chi connectivity index (χ3v) is 4.62. The molecule has 4 heteroatoms. The Balaban J connectivity index is -0.000000321. The van der Waals surface area contributed by atoms with Crippen LogP contribution < -0.4 is 30.0 Å². The van der Waals surface area contributed by atoms with Crippen LogP contribution in [0.1, 0.15) is 58.4 Å². The van der Waals surface area contributed by atoms with Gasteiger partial charge in [0.2, 0.25) is 0 Å². The molecule has 0 nitrogen and oxygen atoms in total. The minimum absolute atomic E-state index is 0. The molecule has 3 rings (SSSR count). The van der Waals surface area contributed by atoms with Crippen LogP contribution in [0.4, 0.5) is 0 Å². The van der Waals surface area contributed by atoms with Gasteiger partial charge in [0.1, 0.15) is 0 Å². The molecule has 1 radical (unpaired) electrons. The van der Waals surface area contributed by atoms with Crippen molar-refractivity contribution >= 4 is 15.4 Å². The molecular formula is C23H31Cl2SiZr. The number of rotatable bonds is 3. The van der Waals surface area contributed by atoms with E-state index in [1.807, 2.05) is 22.4 Å². The summed E-state index contributed by atoms with van der Waals surface area (Å²) in [6.45, 7) is 8.80. The van der Waals surface area contributed by atoms with Crippen LogP contribution >= 0.6 is 0 Å². The minimum atomic E-state index is 0. The van der Waals surface area contributed by atoms with E-state index >= 15 is 0 Å². The summed E-state index contributed by atoms with van der Waals surface area (Å²) < 4.78 is 0. The summed E-state index contributed by atoms with van der Waals surface area (Å²) >= 11 is 0. The SMILES string of the molecule is CCC1=[C-]CC(CC)=C1CC.Cc1ccc([SiH2])cc1.[C-]1=CC=CC1.[Cl-].[Cl-].[Zr+4]. The first-order valence-electron chi connectivity index (χ1n) is 9.03. The van der Waals surface area contributed by atoms with Crippen molar-refractivity contribution < 1.29 is 51.0 Å². The van der Waals surface area contributed by atoms with Crippen molar-refractivity contribution in [3.63, 3.8) is 0 Å². The van der Waals surface area contributed by atoms with Crippen LogP contribution in [0.3, 0.4) is 0 Å². The molecule has 2 aliphatic rings. The fraction of sp³-hybridized carbons (Fsp3) is 0.391. The summed E-state index contributed by atoms with van der Waals surface area (Å²) in [5.41, 5.74) is 6.02. The topological polar surface area (TPSA) is 0 Å². The van der Waals surface area contributed by atoms with E-state index < -0.39 is 0 Å². The van der Waals surface area contributed by atoms with Crippen molar-refractivity contribution in [3.8, 4) is 0 Å². The molecule has 0 spiro atoms. The number of hydrogen-bond acceptors (Lipinski definition) is 0. The van der Waals surface area contributed by atoms with Crippen molar-refractivity contribution in [2.24, 2.45) is 0 Å². The average Bonchev–Trinajstić information content (AvgIpc) is 3.30. The van der Waals surface area contributed by atoms with Gasteiger partial charge < -0.3 is 24.8 Å². The summed E-state index contributed by atoms with van der Waals surface area (Å²) in [5.74, 6) is 0. The van der Waals surface area contributed by atoms with Gasteiger partial charge in [-0.3, -0.25) is 12.2 Å². The van der Waals surface area contributed by atoms with Crippen LogP contribution in [0.5, 0.6) is 0 Å². The third-order valence-electron chi connectivity index (χ3n) is 4.15. The molecule has 0 unspecified atom stereocenters. The summed E-state index contributed by atoms with van der Waals surface area (Å²) in [6.07, 6.45) is 18.1. The molecule has 1 aromatic carbocycles. The van der Waals surface area contributed by atoms with E-state index in [4.69, 9.17) is 0 Å². The fourth-order valence-corrected chi connectivity index (χ4v) is 2.94. The first-order valence-corrected chi connectivity index (χ1v) is 9.74. The summed E-state index contributed by atoms with van der Waals surface area (Å²) in [7, 11) is 1.91. The van der Waals surface area contributed by atoms with Crippen molar-refractivity contribution in [3.05, 3.63) is 76.9 Å². The fourth-order valence-electron chi connectivity index (χ4n) is 2.71. The number of benzene rings is 1. The van der Waals surface area contributed by atoms with Gasteiger partial charge in [-0.15, -0.1) is 12.8 Å². The van der Waals surface area contributed by atoms with Crippen LogP contribution in [-0.2, 0) is 26.2 Å². The molecule has 1 aromatic rings. The Labute approximate surface area is 202 Å². The van der Waals surface area contributed by atoms with E-state index in [9.17, 15) is 0 Å². The summed E-state index contributed by atoms with van der Waals surface area (Å²) in [4.78, 5) is 0. The number of halogens is 2. The molecule has 0 aliphatic heterocycles. The smallest absolute Gasteiger partial charge is 1.00 e. The van der Waals surface area contributed by atoms with E-state index in [1.54, 1.807) is 11.1 Å². The number of aryl methyl sites for hydroxylation is 1. The molecule has 0 saturated heterocycles. The molecule has 0 amide bonds. The first-order chi connectivity index (χ1) is 11.6. The van der Waals surface area contributed by atoms with Gasteiger partial charge in [0, 0.05) is 10.2 Å². The van der Waals surface area contributed by atoms with E-state index in [0.717, 1.165) is 19.3 Å². The zero-order valence-corrected chi connectivity index (χ0v) is 22.4. The molecule has 27 heavy (non-hydrogen) atoms. The maximum Gasteiger partial charge on any atom is 4.00 e. The van der Waals surface area contributed by atoms with E-state index in [2.05, 4.69) is 70.2 Å². The second-order valence-corrected chi connectivity index (χ2v) is 6.78. The van der Waals surface area contributed by atoms with E-state index in [0.29, 0.717) is 0 Å². The molecule has 0 saturated carbocycles. The summed E-state index contributed by atoms with van der Waals surface area (Å²) in [6, 6.07) is 8.52. The van der Waals surface area contributed by atoms with Gasteiger partial charge in [0.25, 0.3) is 0 Å². The van der Waals surface area contributed by atoms with Crippen LogP contribution in [0.15, 0.2) is 59.2 Å². The Bertz CT molecular complexity index is 583. The zero-order valence-electron chi connectivity index (χ0n) is 17.0. The van der Waals surface area contributed by atoms with E-state index in [-0.39, 0.29) is 51.0 Å². The average molecular weight is 498 g/mol. The Morgan fingerprint density at radius 3 is 1.93 bits per heavy atom. The third kappa shape index (κ3) is 12.8. The molecule has 0 bridgehead atoms. The van der Waals surface area contributed by atoms with E-state index in [1.165, 1.54) is 29.2 Å². The standard InChI is InChI=1S/C11H17.C7H9Si.C5H5.2ClH.Zr/c1-4-9-7-8-10(5-2)11(9)6-3;1-6-2-4-7(8)5-3-6;1-2-4-5-3-1;;;/h4-7H2,1-3H3;2-5H,8H2,1H3;1-3H,4H2;2*1H;/q-1;;-1;;;+4/p-2. The van der Waals surface area contributed by atoms with Crippen LogP contribution in [0, 0.1) is 19.1 Å². The van der Waals surface area contributed by atoms with Crippen LogP contribution in [0.2, 0.25) is 0 Å². The van der Waals surface area contributed by atoms with Crippen LogP contribution in [0.25, 0.3) is 0 Å². The number of allylic oxidation sites excluding steroid dienone is 8. The van der Waals surface area contributed by atoms with Crippen molar-refractivity contribution in [1.29, 1.82) is 0 Å². The second-order valence-electron chi connectivity index (χ2n) is 5.96. The number of hydrogen-bond donors (Lipinski definition) is 0. The molecule has 0 fully saturated rings. The van der Waals surface area contributed by atoms with Gasteiger partial charge in [0.15, 0.2) is 0 Å². The van der Waals surface area contributed by atoms with Gasteiger partial charge >= 0.3 is 26.2 Å². The molecule has 145 valence electrons. The van der Waals surface area contributed by atoms with Gasteiger partial charge in [-0.25, -0.2) is 17.7 Å². The Kier molecular flexibility index (Phi) is 22.4. The summed E-state index contributed by atoms with van der Waals surface area (Å²) in [5, 5.41) is 1.36. The largest absolute Gasteiger partial charge is 4.00 e. The van der Waals surface area contributed by atoms with Crippen LogP contribution in [-0.4, -0.2) is 10.2 Å². The zero-order chi connectivity index (χ0) is 17.8. The Morgan fingerprint density at radius 2 is 1.59 bits per heavy atom. The normalized spacial score (nSPS) is 13.1. The second kappa shape index (κ2) is 19.2. The van der Waals surface area contributed by atoms with Crippen molar-refractivity contribution in [1.82, 2.24) is 0 Å². The first kappa shape index (κ1) is 31.6. The van der Waals surface area contributed by atoms with Gasteiger partial charge in [-0.1, -0.05) is 75.0 Å². The molecule has 0 aromatic heterocycles. The molecule has 0 heterocycles. The van der Waals surface area contributed by atoms with Gasteiger partial charge in [0.05, 0.1) is 0 Å². The Morgan fingerprint density at radius 1 is 0.963 bits per heavy atom. The van der Waals surface area contributed by atoms with Crippen molar-refractivity contribution in [2.75, 3.05) is 0 Å². The predicted octanol–water partition coefficient (Wildman–Crippen LogP) is -0.789. The van der Waals surface area contributed by atoms with Crippen molar-refractivity contribution in [2.45, 2.75) is 59.8 Å². The minimum Gasteiger partial charge on any atom is -1.00 e. The maximum absolute atomic E-state index is 3.45. The Hall–Kier alpha value is -0.140. The molecule has 0 atom stereocenters. The molecular weight excluding hydrogens is 466 g/mol. The molecule has 0 N–H and O–H groups in total. The quantitative estimate of drug-likeness (QED) is 0.380. The molecule has 2 aliphatic carbocycles.